The van der Waals surface area contributed by atoms with Gasteiger partial charge in [-0.25, -0.2) is 0 Å². The van der Waals surface area contributed by atoms with E-state index in [9.17, 15) is 4.79 Å². The molecule has 1 aromatic heterocycles. The number of carbonyl (C=O) groups is 1. The van der Waals surface area contributed by atoms with Crippen molar-refractivity contribution in [1.82, 2.24) is 10.2 Å². The van der Waals surface area contributed by atoms with Crippen molar-refractivity contribution < 1.29 is 9.21 Å². The Morgan fingerprint density at radius 3 is 2.89 bits per heavy atom. The molecule has 18 heavy (non-hydrogen) atoms. The third-order valence-electron chi connectivity index (χ3n) is 2.89. The van der Waals surface area contributed by atoms with E-state index >= 15 is 0 Å². The summed E-state index contributed by atoms with van der Waals surface area (Å²) in [7, 11) is 3.54. The first kappa shape index (κ1) is 12.6. The summed E-state index contributed by atoms with van der Waals surface area (Å²) in [4.78, 5) is 13.0. The third-order valence-corrected chi connectivity index (χ3v) is 2.89. The summed E-state index contributed by atoms with van der Waals surface area (Å²) >= 11 is 0. The first-order valence-corrected chi connectivity index (χ1v) is 6.04. The van der Waals surface area contributed by atoms with E-state index in [1.807, 2.05) is 24.3 Å². The van der Waals surface area contributed by atoms with E-state index in [-0.39, 0.29) is 5.91 Å². The van der Waals surface area contributed by atoms with Crippen LogP contribution in [0.1, 0.15) is 12.0 Å². The maximum absolute atomic E-state index is 11.4. The number of furan rings is 1. The van der Waals surface area contributed by atoms with Gasteiger partial charge in [-0.05, 0) is 6.07 Å². The van der Waals surface area contributed by atoms with Gasteiger partial charge in [0.25, 0.3) is 0 Å². The number of carbonyl (C=O) groups excluding carboxylic acids is 1. The molecule has 4 nitrogen and oxygen atoms in total. The van der Waals surface area contributed by atoms with Gasteiger partial charge in [0.15, 0.2) is 0 Å². The number of hydrogen-bond donors (Lipinski definition) is 1. The topological polar surface area (TPSA) is 45.5 Å². The Balaban J connectivity index is 1.85. The first-order valence-electron chi connectivity index (χ1n) is 6.04. The van der Waals surface area contributed by atoms with Crippen molar-refractivity contribution in [2.45, 2.75) is 13.0 Å². The van der Waals surface area contributed by atoms with Gasteiger partial charge < -0.3 is 14.6 Å². The molecule has 0 spiro atoms. The molecular formula is C14H18N2O2. The second-order valence-electron chi connectivity index (χ2n) is 4.47. The van der Waals surface area contributed by atoms with E-state index in [0.29, 0.717) is 13.0 Å². The number of nitrogens with zero attached hydrogens (tertiary/aromatic N) is 1. The summed E-state index contributed by atoms with van der Waals surface area (Å²) < 4.78 is 5.45. The Labute approximate surface area is 107 Å². The Hall–Kier alpha value is -1.81. The minimum Gasteiger partial charge on any atom is -0.464 e. The highest BCUT2D eigenvalue weighted by atomic mass is 16.3. The number of para-hydroxylation sites is 1. The van der Waals surface area contributed by atoms with Crippen LogP contribution in [0, 0.1) is 0 Å². The van der Waals surface area contributed by atoms with Gasteiger partial charge in [-0.1, -0.05) is 18.2 Å². The van der Waals surface area contributed by atoms with Gasteiger partial charge in [-0.3, -0.25) is 4.79 Å². The van der Waals surface area contributed by atoms with Gasteiger partial charge in [0.2, 0.25) is 5.91 Å². The van der Waals surface area contributed by atoms with Crippen LogP contribution in [0.2, 0.25) is 0 Å². The maximum Gasteiger partial charge on any atom is 0.223 e. The predicted molar refractivity (Wildman–Crippen MR) is 71.2 cm³/mol. The van der Waals surface area contributed by atoms with Crippen molar-refractivity contribution >= 4 is 16.9 Å². The molecule has 96 valence electrons. The van der Waals surface area contributed by atoms with E-state index in [1.54, 1.807) is 25.3 Å². The molecule has 4 heteroatoms. The highest BCUT2D eigenvalue weighted by molar-refractivity contribution is 5.80. The first-order chi connectivity index (χ1) is 8.68. The molecule has 0 aliphatic heterocycles. The summed E-state index contributed by atoms with van der Waals surface area (Å²) in [6, 6.07) is 7.95. The van der Waals surface area contributed by atoms with Crippen LogP contribution >= 0.6 is 0 Å². The van der Waals surface area contributed by atoms with Crippen LogP contribution in [0.5, 0.6) is 0 Å². The number of rotatable bonds is 5. The van der Waals surface area contributed by atoms with E-state index in [0.717, 1.165) is 23.1 Å². The number of nitrogens with one attached hydrogen (secondary N) is 1. The molecule has 0 aliphatic carbocycles. The molecule has 2 rings (SSSR count). The van der Waals surface area contributed by atoms with Crippen LogP contribution in [0.25, 0.3) is 11.0 Å². The molecule has 0 bridgehead atoms. The SMILES string of the molecule is CN(C)C(=O)CCNCc1coc2ccccc12. The summed E-state index contributed by atoms with van der Waals surface area (Å²) in [6.07, 6.45) is 2.29. The molecule has 0 saturated heterocycles. The second-order valence-corrected chi connectivity index (χ2v) is 4.47. The van der Waals surface area contributed by atoms with Crippen molar-refractivity contribution in [1.29, 1.82) is 0 Å². The Bertz CT molecular complexity index is 531. The molecule has 1 heterocycles. The zero-order valence-electron chi connectivity index (χ0n) is 10.8. The normalized spacial score (nSPS) is 10.8. The maximum atomic E-state index is 11.4. The van der Waals surface area contributed by atoms with Gasteiger partial charge in [0.1, 0.15) is 5.58 Å². The lowest BCUT2D eigenvalue weighted by molar-refractivity contribution is -0.128. The minimum atomic E-state index is 0.138. The molecule has 0 saturated carbocycles. The molecule has 0 fully saturated rings. The molecule has 1 N–H and O–H groups in total. The van der Waals surface area contributed by atoms with Crippen molar-refractivity contribution in [3.05, 3.63) is 36.1 Å². The smallest absolute Gasteiger partial charge is 0.223 e. The average Bonchev–Trinajstić information content (AvgIpc) is 2.77. The van der Waals surface area contributed by atoms with Crippen molar-refractivity contribution in [3.8, 4) is 0 Å². The molecule has 0 radical (unpaired) electrons. The van der Waals surface area contributed by atoms with Crippen LogP contribution in [0.3, 0.4) is 0 Å². The quantitative estimate of drug-likeness (QED) is 0.821. The standard InChI is InChI=1S/C14H18N2O2/c1-16(2)14(17)7-8-15-9-11-10-18-13-6-4-3-5-12(11)13/h3-6,10,15H,7-9H2,1-2H3. The van der Waals surface area contributed by atoms with E-state index < -0.39 is 0 Å². The fourth-order valence-corrected chi connectivity index (χ4v) is 1.81. The van der Waals surface area contributed by atoms with Gasteiger partial charge in [-0.2, -0.15) is 0 Å². The summed E-state index contributed by atoms with van der Waals surface area (Å²) in [5, 5.41) is 4.39. The largest absolute Gasteiger partial charge is 0.464 e. The Morgan fingerprint density at radius 2 is 2.11 bits per heavy atom. The molecule has 1 amide bonds. The Kier molecular flexibility index (Phi) is 3.99. The molecular weight excluding hydrogens is 228 g/mol. The highest BCUT2D eigenvalue weighted by Gasteiger charge is 2.06. The van der Waals surface area contributed by atoms with Gasteiger partial charge in [-0.15, -0.1) is 0 Å². The lowest BCUT2D eigenvalue weighted by Crippen LogP contribution is -2.26. The third kappa shape index (κ3) is 2.90. The molecule has 1 aromatic carbocycles. The molecule has 0 atom stereocenters. The minimum absolute atomic E-state index is 0.138. The molecule has 2 aromatic rings. The summed E-state index contributed by atoms with van der Waals surface area (Å²) in [5.74, 6) is 0.138. The van der Waals surface area contributed by atoms with Crippen LogP contribution < -0.4 is 5.32 Å². The summed E-state index contributed by atoms with van der Waals surface area (Å²) in [5.41, 5.74) is 2.03. The predicted octanol–water partition coefficient (Wildman–Crippen LogP) is 2.00. The van der Waals surface area contributed by atoms with E-state index in [4.69, 9.17) is 4.42 Å². The molecule has 0 aliphatic rings. The highest BCUT2D eigenvalue weighted by Crippen LogP contribution is 2.20. The van der Waals surface area contributed by atoms with Gasteiger partial charge >= 0.3 is 0 Å². The summed E-state index contributed by atoms with van der Waals surface area (Å²) in [6.45, 7) is 1.40. The molecule has 0 unspecified atom stereocenters. The second kappa shape index (κ2) is 5.69. The van der Waals surface area contributed by atoms with Crippen molar-refractivity contribution in [2.24, 2.45) is 0 Å². The van der Waals surface area contributed by atoms with E-state index in [1.165, 1.54) is 0 Å². The van der Waals surface area contributed by atoms with E-state index in [2.05, 4.69) is 5.32 Å². The number of fused-ring (bicyclic) bond motifs is 1. The van der Waals surface area contributed by atoms with Gasteiger partial charge in [0.05, 0.1) is 6.26 Å². The Morgan fingerprint density at radius 1 is 1.33 bits per heavy atom. The van der Waals surface area contributed by atoms with Crippen LogP contribution in [0.4, 0.5) is 0 Å². The number of hydrogen-bond acceptors (Lipinski definition) is 3. The van der Waals surface area contributed by atoms with Crippen LogP contribution in [-0.2, 0) is 11.3 Å². The fraction of sp³-hybridized carbons (Fsp3) is 0.357. The fourth-order valence-electron chi connectivity index (χ4n) is 1.81. The lowest BCUT2D eigenvalue weighted by Gasteiger charge is -2.10. The van der Waals surface area contributed by atoms with Crippen LogP contribution in [-0.4, -0.2) is 31.4 Å². The lowest BCUT2D eigenvalue weighted by atomic mass is 10.2. The number of benzene rings is 1. The zero-order chi connectivity index (χ0) is 13.0. The zero-order valence-corrected chi connectivity index (χ0v) is 10.8. The van der Waals surface area contributed by atoms with Crippen molar-refractivity contribution in [3.63, 3.8) is 0 Å². The monoisotopic (exact) mass is 246 g/mol. The van der Waals surface area contributed by atoms with Crippen LogP contribution in [0.15, 0.2) is 34.9 Å². The number of amides is 1. The van der Waals surface area contributed by atoms with Gasteiger partial charge in [0, 0.05) is 44.6 Å². The average molecular weight is 246 g/mol. The van der Waals surface area contributed by atoms with Crippen molar-refractivity contribution in [2.75, 3.05) is 20.6 Å².